The molecule has 0 spiro atoms. The molecule has 0 unspecified atom stereocenters. The van der Waals surface area contributed by atoms with Gasteiger partial charge in [-0.25, -0.2) is 18.4 Å². The quantitative estimate of drug-likeness (QED) is 0.585. The molecule has 0 aromatic carbocycles. The maximum absolute atomic E-state index is 13.7. The second-order valence-electron chi connectivity index (χ2n) is 8.30. The van der Waals surface area contributed by atoms with Crippen molar-refractivity contribution >= 4 is 34.2 Å². The van der Waals surface area contributed by atoms with Gasteiger partial charge in [0.05, 0.1) is 16.0 Å². The first-order valence-corrected chi connectivity index (χ1v) is 11.6. The molecule has 2 aliphatic rings. The normalized spacial score (nSPS) is 16.9. The summed E-state index contributed by atoms with van der Waals surface area (Å²) >= 11 is 1.40. The average molecular weight is 460 g/mol. The first-order chi connectivity index (χ1) is 15.4. The molecule has 3 aromatic heterocycles. The van der Waals surface area contributed by atoms with E-state index in [-0.39, 0.29) is 29.8 Å². The summed E-state index contributed by atoms with van der Waals surface area (Å²) in [6, 6.07) is 5.14. The minimum atomic E-state index is -2.63. The smallest absolute Gasteiger partial charge is 0.264 e. The molecule has 5 rings (SSSR count). The zero-order valence-electron chi connectivity index (χ0n) is 17.6. The van der Waals surface area contributed by atoms with Gasteiger partial charge >= 0.3 is 0 Å². The maximum Gasteiger partial charge on any atom is 0.264 e. The van der Waals surface area contributed by atoms with Crippen molar-refractivity contribution in [2.24, 2.45) is 0 Å². The van der Waals surface area contributed by atoms with Crippen LogP contribution in [-0.2, 0) is 11.3 Å². The minimum absolute atomic E-state index is 0.0165. The molecule has 2 amide bonds. The van der Waals surface area contributed by atoms with E-state index in [0.717, 1.165) is 12.8 Å². The zero-order chi connectivity index (χ0) is 22.4. The molecular formula is C22H23F2N5O2S. The summed E-state index contributed by atoms with van der Waals surface area (Å²) in [6.45, 7) is 3.38. The molecule has 3 aromatic rings. The second-order valence-corrected chi connectivity index (χ2v) is 9.25. The second kappa shape index (κ2) is 8.23. The fourth-order valence-electron chi connectivity index (χ4n) is 4.22. The molecule has 1 aliphatic carbocycles. The summed E-state index contributed by atoms with van der Waals surface area (Å²) in [5.41, 5.74) is 1.39. The number of rotatable bonds is 5. The number of nitrogens with zero attached hydrogens (tertiary/aromatic N) is 5. The number of alkyl halides is 2. The summed E-state index contributed by atoms with van der Waals surface area (Å²) in [5.74, 6) is 0.0391. The number of halogens is 2. The van der Waals surface area contributed by atoms with Gasteiger partial charge in [0, 0.05) is 43.4 Å². The van der Waals surface area contributed by atoms with Gasteiger partial charge in [0.25, 0.3) is 12.3 Å². The SMILES string of the molecule is Cc1nn(CC(=O)N2CCN(C(=O)c3cccs3)CC2)c2nc(C3CC3)cc(C(F)F)c12. The van der Waals surface area contributed by atoms with Gasteiger partial charge < -0.3 is 9.80 Å². The number of hydrogen-bond acceptors (Lipinski definition) is 5. The van der Waals surface area contributed by atoms with Gasteiger partial charge in [-0.05, 0) is 37.3 Å². The highest BCUT2D eigenvalue weighted by Gasteiger charge is 2.30. The van der Waals surface area contributed by atoms with Crippen LogP contribution in [0.1, 0.15) is 51.8 Å². The lowest BCUT2D eigenvalue weighted by Gasteiger charge is -2.34. The first kappa shape index (κ1) is 21.0. The van der Waals surface area contributed by atoms with Crippen LogP contribution in [0.3, 0.4) is 0 Å². The van der Waals surface area contributed by atoms with E-state index >= 15 is 0 Å². The lowest BCUT2D eigenvalue weighted by Crippen LogP contribution is -2.51. The number of aryl methyl sites for hydroxylation is 1. The van der Waals surface area contributed by atoms with Crippen LogP contribution < -0.4 is 0 Å². The molecule has 0 bridgehead atoms. The predicted molar refractivity (Wildman–Crippen MR) is 116 cm³/mol. The molecule has 1 saturated carbocycles. The van der Waals surface area contributed by atoms with Gasteiger partial charge in [0.15, 0.2) is 5.65 Å². The van der Waals surface area contributed by atoms with E-state index in [1.807, 2.05) is 11.4 Å². The number of carbonyl (C=O) groups excluding carboxylic acids is 2. The van der Waals surface area contributed by atoms with E-state index in [1.54, 1.807) is 22.8 Å². The van der Waals surface area contributed by atoms with Crippen LogP contribution in [0.4, 0.5) is 8.78 Å². The molecule has 0 atom stereocenters. The average Bonchev–Trinajstić information content (AvgIpc) is 3.41. The monoisotopic (exact) mass is 459 g/mol. The van der Waals surface area contributed by atoms with Crippen molar-refractivity contribution < 1.29 is 18.4 Å². The van der Waals surface area contributed by atoms with Crippen LogP contribution in [0.15, 0.2) is 23.6 Å². The van der Waals surface area contributed by atoms with E-state index in [4.69, 9.17) is 0 Å². The first-order valence-electron chi connectivity index (χ1n) is 10.7. The largest absolute Gasteiger partial charge is 0.338 e. The van der Waals surface area contributed by atoms with E-state index < -0.39 is 6.43 Å². The molecule has 2 fully saturated rings. The molecule has 7 nitrogen and oxygen atoms in total. The molecule has 0 radical (unpaired) electrons. The van der Waals surface area contributed by atoms with Crippen LogP contribution >= 0.6 is 11.3 Å². The van der Waals surface area contributed by atoms with Gasteiger partial charge in [-0.15, -0.1) is 11.3 Å². The number of hydrogen-bond donors (Lipinski definition) is 0. The van der Waals surface area contributed by atoms with E-state index in [9.17, 15) is 18.4 Å². The molecule has 4 heterocycles. The van der Waals surface area contributed by atoms with Crippen LogP contribution in [0.2, 0.25) is 0 Å². The molecule has 1 saturated heterocycles. The lowest BCUT2D eigenvalue weighted by atomic mass is 10.1. The van der Waals surface area contributed by atoms with Crippen molar-refractivity contribution in [3.8, 4) is 0 Å². The van der Waals surface area contributed by atoms with Crippen LogP contribution in [0, 0.1) is 6.92 Å². The van der Waals surface area contributed by atoms with Crippen molar-refractivity contribution in [1.29, 1.82) is 0 Å². The highest BCUT2D eigenvalue weighted by Crippen LogP contribution is 2.41. The Bertz CT molecular complexity index is 1160. The Labute approximate surface area is 187 Å². The van der Waals surface area contributed by atoms with Gasteiger partial charge in [-0.3, -0.25) is 9.59 Å². The third-order valence-electron chi connectivity index (χ3n) is 6.09. The Balaban J connectivity index is 1.32. The van der Waals surface area contributed by atoms with Crippen LogP contribution in [0.25, 0.3) is 11.0 Å². The van der Waals surface area contributed by atoms with E-state index in [2.05, 4.69) is 10.1 Å². The molecule has 10 heteroatoms. The zero-order valence-corrected chi connectivity index (χ0v) is 18.4. The number of carbonyl (C=O) groups is 2. The number of thiophene rings is 1. The van der Waals surface area contributed by atoms with E-state index in [1.165, 1.54) is 22.1 Å². The summed E-state index contributed by atoms with van der Waals surface area (Å²) in [4.78, 5) is 34.2. The number of aromatic nitrogens is 3. The standard InChI is InChI=1S/C22H23F2N5O2S/c1-13-19-15(20(23)24)11-16(14-4-5-14)25-21(19)29(26-13)12-18(30)27-6-8-28(9-7-27)22(31)17-3-2-10-32-17/h2-3,10-11,14,20H,4-9,12H2,1H3. The van der Waals surface area contributed by atoms with Gasteiger partial charge in [0.2, 0.25) is 5.91 Å². The highest BCUT2D eigenvalue weighted by atomic mass is 32.1. The Hall–Kier alpha value is -2.88. The van der Waals surface area contributed by atoms with Crippen molar-refractivity contribution in [1.82, 2.24) is 24.6 Å². The van der Waals surface area contributed by atoms with Crippen molar-refractivity contribution in [2.75, 3.05) is 26.2 Å². The van der Waals surface area contributed by atoms with Crippen molar-refractivity contribution in [3.63, 3.8) is 0 Å². The summed E-state index contributed by atoms with van der Waals surface area (Å²) < 4.78 is 28.9. The Kier molecular flexibility index (Phi) is 5.40. The van der Waals surface area contributed by atoms with Crippen LogP contribution in [0.5, 0.6) is 0 Å². The Morgan fingerprint density at radius 2 is 1.91 bits per heavy atom. The predicted octanol–water partition coefficient (Wildman–Crippen LogP) is 3.60. The van der Waals surface area contributed by atoms with Crippen molar-refractivity contribution in [3.05, 3.63) is 45.4 Å². The molecule has 0 N–H and O–H groups in total. The number of pyridine rings is 1. The number of amides is 2. The summed E-state index contributed by atoms with van der Waals surface area (Å²) in [5, 5.41) is 6.58. The number of fused-ring (bicyclic) bond motifs is 1. The lowest BCUT2D eigenvalue weighted by molar-refractivity contribution is -0.133. The van der Waals surface area contributed by atoms with Gasteiger partial charge in [-0.1, -0.05) is 6.07 Å². The Morgan fingerprint density at radius 1 is 1.19 bits per heavy atom. The van der Waals surface area contributed by atoms with Crippen LogP contribution in [-0.4, -0.2) is 62.6 Å². The highest BCUT2D eigenvalue weighted by molar-refractivity contribution is 7.12. The molecule has 168 valence electrons. The maximum atomic E-state index is 13.7. The number of piperazine rings is 1. The fraction of sp³-hybridized carbons (Fsp3) is 0.455. The van der Waals surface area contributed by atoms with Gasteiger partial charge in [0.1, 0.15) is 6.54 Å². The minimum Gasteiger partial charge on any atom is -0.338 e. The molecule has 32 heavy (non-hydrogen) atoms. The summed E-state index contributed by atoms with van der Waals surface area (Å²) in [6.07, 6.45) is -0.734. The fourth-order valence-corrected chi connectivity index (χ4v) is 4.91. The Morgan fingerprint density at radius 3 is 2.53 bits per heavy atom. The molecule has 1 aliphatic heterocycles. The summed E-state index contributed by atoms with van der Waals surface area (Å²) in [7, 11) is 0. The van der Waals surface area contributed by atoms with E-state index in [0.29, 0.717) is 53.5 Å². The third kappa shape index (κ3) is 3.87. The third-order valence-corrected chi connectivity index (χ3v) is 6.95. The van der Waals surface area contributed by atoms with Crippen molar-refractivity contribution in [2.45, 2.75) is 38.7 Å². The molecular weight excluding hydrogens is 436 g/mol. The topological polar surface area (TPSA) is 71.3 Å². The van der Waals surface area contributed by atoms with Gasteiger partial charge in [-0.2, -0.15) is 5.10 Å².